The molecule has 1 heterocycles. The van der Waals surface area contributed by atoms with Gasteiger partial charge in [0.1, 0.15) is 24.1 Å². The van der Waals surface area contributed by atoms with Crippen LogP contribution in [0.25, 0.3) is 0 Å². The molecule has 0 aliphatic carbocycles. The predicted molar refractivity (Wildman–Crippen MR) is 156 cm³/mol. The molecule has 0 bridgehead atoms. The largest absolute Gasteiger partial charge is 0.494 e. The molecule has 206 valence electrons. The summed E-state index contributed by atoms with van der Waals surface area (Å²) in [6.07, 6.45) is 9.76. The zero-order valence-electron chi connectivity index (χ0n) is 22.8. The van der Waals surface area contributed by atoms with Crippen molar-refractivity contribution >= 4 is 12.1 Å². The SMILES string of the molecule is CCCCCCCCOc1ccc(C2CC(C(=O)N/N=C/c3cccc(OCc4ccccc4)c3)NN2)cc1. The fraction of sp³-hybridized carbons (Fsp3) is 0.375. The zero-order chi connectivity index (χ0) is 27.1. The van der Waals surface area contributed by atoms with E-state index in [0.29, 0.717) is 13.0 Å². The van der Waals surface area contributed by atoms with Crippen LogP contribution >= 0.6 is 0 Å². The van der Waals surface area contributed by atoms with E-state index in [4.69, 9.17) is 9.47 Å². The third kappa shape index (κ3) is 9.53. The Balaban J connectivity index is 1.17. The molecule has 0 spiro atoms. The minimum absolute atomic E-state index is 0.0378. The Kier molecular flexibility index (Phi) is 11.4. The van der Waals surface area contributed by atoms with Crippen molar-refractivity contribution in [3.05, 3.63) is 95.6 Å². The minimum Gasteiger partial charge on any atom is -0.494 e. The van der Waals surface area contributed by atoms with Gasteiger partial charge in [-0.15, -0.1) is 0 Å². The van der Waals surface area contributed by atoms with E-state index in [-0.39, 0.29) is 18.0 Å². The molecule has 1 aliphatic heterocycles. The fourth-order valence-corrected chi connectivity index (χ4v) is 4.49. The standard InChI is InChI=1S/C32H40N4O3/c1-2-3-4-5-6-10-20-38-28-18-16-27(17-19-28)30-22-31(35-34-30)32(37)36-33-23-26-14-11-15-29(21-26)39-24-25-12-8-7-9-13-25/h7-9,11-19,21,23,30-31,34-35H,2-6,10,20,22,24H2,1H3,(H,36,37)/b33-23+. The number of hydrazone groups is 1. The Morgan fingerprint density at radius 2 is 1.69 bits per heavy atom. The Labute approximate surface area is 232 Å². The van der Waals surface area contributed by atoms with Gasteiger partial charge in [-0.2, -0.15) is 5.10 Å². The summed E-state index contributed by atoms with van der Waals surface area (Å²) in [4.78, 5) is 12.7. The van der Waals surface area contributed by atoms with Gasteiger partial charge in [-0.3, -0.25) is 4.79 Å². The number of carbonyl (C=O) groups is 1. The molecule has 1 saturated heterocycles. The van der Waals surface area contributed by atoms with Crippen LogP contribution in [0, 0.1) is 0 Å². The third-order valence-corrected chi connectivity index (χ3v) is 6.76. The lowest BCUT2D eigenvalue weighted by atomic mass is 10.0. The second-order valence-electron chi connectivity index (χ2n) is 9.90. The molecule has 7 heteroatoms. The van der Waals surface area contributed by atoms with Gasteiger partial charge in [0.2, 0.25) is 0 Å². The predicted octanol–water partition coefficient (Wildman–Crippen LogP) is 6.06. The summed E-state index contributed by atoms with van der Waals surface area (Å²) in [5.41, 5.74) is 12.0. The van der Waals surface area contributed by atoms with Crippen molar-refractivity contribution in [1.29, 1.82) is 0 Å². The first-order valence-electron chi connectivity index (χ1n) is 14.0. The van der Waals surface area contributed by atoms with E-state index >= 15 is 0 Å². The number of nitrogens with zero attached hydrogens (tertiary/aromatic N) is 1. The molecule has 0 radical (unpaired) electrons. The lowest BCUT2D eigenvalue weighted by Crippen LogP contribution is -2.41. The highest BCUT2D eigenvalue weighted by molar-refractivity contribution is 5.85. The first-order chi connectivity index (χ1) is 19.2. The number of hydrazine groups is 1. The first kappa shape index (κ1) is 28.3. The van der Waals surface area contributed by atoms with Crippen molar-refractivity contribution in [3.63, 3.8) is 0 Å². The van der Waals surface area contributed by atoms with Crippen molar-refractivity contribution in [3.8, 4) is 11.5 Å². The van der Waals surface area contributed by atoms with Gasteiger partial charge in [0.25, 0.3) is 5.91 Å². The van der Waals surface area contributed by atoms with Gasteiger partial charge in [-0.25, -0.2) is 16.3 Å². The fourth-order valence-electron chi connectivity index (χ4n) is 4.49. The molecule has 0 saturated carbocycles. The van der Waals surface area contributed by atoms with Gasteiger partial charge >= 0.3 is 0 Å². The van der Waals surface area contributed by atoms with Crippen molar-refractivity contribution in [2.45, 2.75) is 70.6 Å². The molecule has 1 aliphatic rings. The van der Waals surface area contributed by atoms with E-state index < -0.39 is 0 Å². The van der Waals surface area contributed by atoms with Crippen molar-refractivity contribution in [1.82, 2.24) is 16.3 Å². The monoisotopic (exact) mass is 528 g/mol. The zero-order valence-corrected chi connectivity index (χ0v) is 22.8. The Morgan fingerprint density at radius 3 is 2.51 bits per heavy atom. The van der Waals surface area contributed by atoms with Crippen LogP contribution < -0.4 is 25.8 Å². The quantitative estimate of drug-likeness (QED) is 0.127. The molecule has 3 aromatic rings. The number of unbranched alkanes of at least 4 members (excludes halogenated alkanes) is 5. The van der Waals surface area contributed by atoms with E-state index in [2.05, 4.69) is 40.4 Å². The molecule has 1 fully saturated rings. The van der Waals surface area contributed by atoms with Crippen LogP contribution in [0.5, 0.6) is 11.5 Å². The Hall–Kier alpha value is -3.68. The summed E-state index contributed by atoms with van der Waals surface area (Å²) in [6.45, 7) is 3.48. The molecular weight excluding hydrogens is 488 g/mol. The van der Waals surface area contributed by atoms with E-state index in [1.807, 2.05) is 66.7 Å². The highest BCUT2D eigenvalue weighted by Crippen LogP contribution is 2.24. The van der Waals surface area contributed by atoms with Gasteiger partial charge in [-0.1, -0.05) is 93.6 Å². The summed E-state index contributed by atoms with van der Waals surface area (Å²) in [7, 11) is 0. The Morgan fingerprint density at radius 1 is 0.897 bits per heavy atom. The highest BCUT2D eigenvalue weighted by Gasteiger charge is 2.30. The average Bonchev–Trinajstić information content (AvgIpc) is 3.47. The average molecular weight is 529 g/mol. The molecular formula is C32H40N4O3. The molecule has 3 aromatic carbocycles. The van der Waals surface area contributed by atoms with Crippen LogP contribution in [0.4, 0.5) is 0 Å². The lowest BCUT2D eigenvalue weighted by Gasteiger charge is -2.11. The highest BCUT2D eigenvalue weighted by atomic mass is 16.5. The summed E-state index contributed by atoms with van der Waals surface area (Å²) in [6, 6.07) is 25.4. The van der Waals surface area contributed by atoms with Crippen LogP contribution in [-0.2, 0) is 11.4 Å². The first-order valence-corrected chi connectivity index (χ1v) is 14.0. The maximum absolute atomic E-state index is 12.7. The van der Waals surface area contributed by atoms with E-state index in [1.165, 1.54) is 32.1 Å². The van der Waals surface area contributed by atoms with Gasteiger partial charge in [0, 0.05) is 6.04 Å². The summed E-state index contributed by atoms with van der Waals surface area (Å²) in [5.74, 6) is 1.45. The van der Waals surface area contributed by atoms with E-state index in [0.717, 1.165) is 41.2 Å². The summed E-state index contributed by atoms with van der Waals surface area (Å²) < 4.78 is 11.8. The smallest absolute Gasteiger partial charge is 0.258 e. The molecule has 0 aromatic heterocycles. The number of hydrogen-bond acceptors (Lipinski definition) is 6. The van der Waals surface area contributed by atoms with Crippen molar-refractivity contribution in [2.24, 2.45) is 5.10 Å². The maximum atomic E-state index is 12.7. The van der Waals surface area contributed by atoms with Crippen molar-refractivity contribution in [2.75, 3.05) is 6.61 Å². The summed E-state index contributed by atoms with van der Waals surface area (Å²) >= 11 is 0. The van der Waals surface area contributed by atoms with Crippen LogP contribution in [0.2, 0.25) is 0 Å². The molecule has 2 unspecified atom stereocenters. The number of carbonyl (C=O) groups excluding carboxylic acids is 1. The topological polar surface area (TPSA) is 84.0 Å². The normalized spacial score (nSPS) is 16.8. The molecule has 39 heavy (non-hydrogen) atoms. The van der Waals surface area contributed by atoms with Crippen LogP contribution in [0.1, 0.15) is 74.6 Å². The van der Waals surface area contributed by atoms with Gasteiger partial charge in [0.05, 0.1) is 12.8 Å². The lowest BCUT2D eigenvalue weighted by molar-refractivity contribution is -0.122. The molecule has 2 atom stereocenters. The van der Waals surface area contributed by atoms with Crippen molar-refractivity contribution < 1.29 is 14.3 Å². The number of nitrogens with one attached hydrogen (secondary N) is 3. The van der Waals surface area contributed by atoms with Gasteiger partial charge in [-0.05, 0) is 53.8 Å². The summed E-state index contributed by atoms with van der Waals surface area (Å²) in [5, 5.41) is 4.15. The minimum atomic E-state index is -0.378. The van der Waals surface area contributed by atoms with E-state index in [1.54, 1.807) is 6.21 Å². The molecule has 1 amide bonds. The van der Waals surface area contributed by atoms with Crippen LogP contribution in [0.15, 0.2) is 84.0 Å². The number of rotatable bonds is 15. The van der Waals surface area contributed by atoms with Gasteiger partial charge < -0.3 is 9.47 Å². The molecule has 7 nitrogen and oxygen atoms in total. The number of amides is 1. The number of hydrogen-bond donors (Lipinski definition) is 3. The second-order valence-corrected chi connectivity index (χ2v) is 9.90. The van der Waals surface area contributed by atoms with Crippen LogP contribution in [0.3, 0.4) is 0 Å². The second kappa shape index (κ2) is 15.7. The number of ether oxygens (including phenoxy) is 2. The van der Waals surface area contributed by atoms with Crippen LogP contribution in [-0.4, -0.2) is 24.8 Å². The van der Waals surface area contributed by atoms with Gasteiger partial charge in [0.15, 0.2) is 0 Å². The van der Waals surface area contributed by atoms with E-state index in [9.17, 15) is 4.79 Å². The molecule has 4 rings (SSSR count). The number of benzene rings is 3. The Bertz CT molecular complexity index is 1170. The third-order valence-electron chi connectivity index (χ3n) is 6.76. The maximum Gasteiger partial charge on any atom is 0.258 e. The molecule has 3 N–H and O–H groups in total.